The van der Waals surface area contributed by atoms with Gasteiger partial charge in [-0.1, -0.05) is 13.0 Å². The number of nitrogens with zero attached hydrogens (tertiary/aromatic N) is 1. The summed E-state index contributed by atoms with van der Waals surface area (Å²) >= 11 is 0. The minimum absolute atomic E-state index is 0.00821. The predicted octanol–water partition coefficient (Wildman–Crippen LogP) is 2.71. The summed E-state index contributed by atoms with van der Waals surface area (Å²) in [6, 6.07) is 7.41. The van der Waals surface area contributed by atoms with Gasteiger partial charge in [0.2, 0.25) is 11.8 Å². The fourth-order valence-electron chi connectivity index (χ4n) is 2.02. The van der Waals surface area contributed by atoms with Gasteiger partial charge in [-0.3, -0.25) is 9.59 Å². The SMILES string of the molecule is CCCC(=O)Nc1cccc(NCC(=O)N(CC)CC)c1. The van der Waals surface area contributed by atoms with E-state index in [-0.39, 0.29) is 18.4 Å². The average molecular weight is 291 g/mol. The van der Waals surface area contributed by atoms with Gasteiger partial charge in [0.25, 0.3) is 0 Å². The van der Waals surface area contributed by atoms with Gasteiger partial charge >= 0.3 is 0 Å². The topological polar surface area (TPSA) is 61.4 Å². The Hall–Kier alpha value is -2.04. The van der Waals surface area contributed by atoms with Crippen LogP contribution in [0.25, 0.3) is 0 Å². The van der Waals surface area contributed by atoms with Gasteiger partial charge in [-0.15, -0.1) is 0 Å². The van der Waals surface area contributed by atoms with Crippen LogP contribution in [-0.2, 0) is 9.59 Å². The van der Waals surface area contributed by atoms with Gasteiger partial charge in [0.1, 0.15) is 0 Å². The Balaban J connectivity index is 2.56. The number of carbonyl (C=O) groups is 2. The van der Waals surface area contributed by atoms with Crippen LogP contribution in [0.4, 0.5) is 11.4 Å². The summed E-state index contributed by atoms with van der Waals surface area (Å²) in [7, 11) is 0. The zero-order valence-electron chi connectivity index (χ0n) is 13.1. The lowest BCUT2D eigenvalue weighted by molar-refractivity contribution is -0.128. The van der Waals surface area contributed by atoms with Crippen molar-refractivity contribution in [3.63, 3.8) is 0 Å². The van der Waals surface area contributed by atoms with Crippen molar-refractivity contribution in [2.24, 2.45) is 0 Å². The van der Waals surface area contributed by atoms with E-state index in [4.69, 9.17) is 0 Å². The maximum absolute atomic E-state index is 11.9. The molecule has 21 heavy (non-hydrogen) atoms. The van der Waals surface area contributed by atoms with Gasteiger partial charge in [-0.25, -0.2) is 0 Å². The Morgan fingerprint density at radius 2 is 1.76 bits per heavy atom. The monoisotopic (exact) mass is 291 g/mol. The summed E-state index contributed by atoms with van der Waals surface area (Å²) in [5.41, 5.74) is 1.57. The summed E-state index contributed by atoms with van der Waals surface area (Å²) in [4.78, 5) is 25.3. The molecule has 1 rings (SSSR count). The second-order valence-electron chi connectivity index (χ2n) is 4.80. The maximum atomic E-state index is 11.9. The summed E-state index contributed by atoms with van der Waals surface area (Å²) in [5.74, 6) is 0.0780. The van der Waals surface area contributed by atoms with Gasteiger partial charge in [0.15, 0.2) is 0 Å². The van der Waals surface area contributed by atoms with Crippen molar-refractivity contribution in [3.8, 4) is 0 Å². The number of anilines is 2. The first-order valence-electron chi connectivity index (χ1n) is 7.52. The van der Waals surface area contributed by atoms with E-state index >= 15 is 0 Å². The highest BCUT2D eigenvalue weighted by molar-refractivity contribution is 5.91. The lowest BCUT2D eigenvalue weighted by Crippen LogP contribution is -2.35. The third kappa shape index (κ3) is 5.85. The summed E-state index contributed by atoms with van der Waals surface area (Å²) in [6.07, 6.45) is 1.33. The highest BCUT2D eigenvalue weighted by atomic mass is 16.2. The van der Waals surface area contributed by atoms with Gasteiger partial charge in [0, 0.05) is 30.9 Å². The molecule has 0 atom stereocenters. The van der Waals surface area contributed by atoms with Crippen LogP contribution in [-0.4, -0.2) is 36.3 Å². The molecular weight excluding hydrogens is 266 g/mol. The molecule has 0 aromatic heterocycles. The van der Waals surface area contributed by atoms with E-state index in [9.17, 15) is 9.59 Å². The van der Waals surface area contributed by atoms with Crippen molar-refractivity contribution >= 4 is 23.2 Å². The van der Waals surface area contributed by atoms with E-state index in [0.717, 1.165) is 17.8 Å². The average Bonchev–Trinajstić information content (AvgIpc) is 2.47. The number of amides is 2. The van der Waals surface area contributed by atoms with E-state index in [1.165, 1.54) is 0 Å². The molecule has 0 saturated carbocycles. The van der Waals surface area contributed by atoms with Crippen molar-refractivity contribution in [1.29, 1.82) is 0 Å². The van der Waals surface area contributed by atoms with Crippen LogP contribution >= 0.6 is 0 Å². The Morgan fingerprint density at radius 1 is 1.10 bits per heavy atom. The second kappa shape index (κ2) is 9.00. The zero-order valence-corrected chi connectivity index (χ0v) is 13.1. The van der Waals surface area contributed by atoms with Gasteiger partial charge < -0.3 is 15.5 Å². The molecule has 0 heterocycles. The van der Waals surface area contributed by atoms with Gasteiger partial charge in [-0.2, -0.15) is 0 Å². The highest BCUT2D eigenvalue weighted by Crippen LogP contribution is 2.15. The van der Waals surface area contributed by atoms with Crippen LogP contribution in [0, 0.1) is 0 Å². The summed E-state index contributed by atoms with van der Waals surface area (Å²) < 4.78 is 0. The van der Waals surface area contributed by atoms with Crippen LogP contribution in [0.15, 0.2) is 24.3 Å². The van der Waals surface area contributed by atoms with E-state index in [0.29, 0.717) is 19.5 Å². The smallest absolute Gasteiger partial charge is 0.241 e. The molecule has 5 heteroatoms. The highest BCUT2D eigenvalue weighted by Gasteiger charge is 2.09. The van der Waals surface area contributed by atoms with Crippen LogP contribution in [0.3, 0.4) is 0 Å². The predicted molar refractivity (Wildman–Crippen MR) is 86.4 cm³/mol. The number of likely N-dealkylation sites (N-methyl/N-ethyl adjacent to an activating group) is 1. The number of hydrogen-bond donors (Lipinski definition) is 2. The van der Waals surface area contributed by atoms with Crippen molar-refractivity contribution in [1.82, 2.24) is 4.90 Å². The first-order valence-corrected chi connectivity index (χ1v) is 7.52. The van der Waals surface area contributed by atoms with Crippen LogP contribution in [0.5, 0.6) is 0 Å². The van der Waals surface area contributed by atoms with Crippen molar-refractivity contribution in [3.05, 3.63) is 24.3 Å². The Kier molecular flexibility index (Phi) is 7.29. The number of rotatable bonds is 8. The minimum Gasteiger partial charge on any atom is -0.376 e. The molecular formula is C16H25N3O2. The molecule has 1 aromatic carbocycles. The first-order chi connectivity index (χ1) is 10.1. The number of benzene rings is 1. The van der Waals surface area contributed by atoms with Gasteiger partial charge in [-0.05, 0) is 38.5 Å². The quantitative estimate of drug-likeness (QED) is 0.774. The van der Waals surface area contributed by atoms with E-state index in [1.54, 1.807) is 4.90 Å². The second-order valence-corrected chi connectivity index (χ2v) is 4.80. The summed E-state index contributed by atoms with van der Waals surface area (Å²) in [5, 5.41) is 5.94. The molecule has 2 N–H and O–H groups in total. The van der Waals surface area contributed by atoms with Crippen LogP contribution in [0.1, 0.15) is 33.6 Å². The number of hydrogen-bond acceptors (Lipinski definition) is 3. The molecule has 0 fully saturated rings. The Labute approximate surface area is 126 Å². The van der Waals surface area contributed by atoms with Crippen molar-refractivity contribution in [2.75, 3.05) is 30.3 Å². The fourth-order valence-corrected chi connectivity index (χ4v) is 2.02. The van der Waals surface area contributed by atoms with Gasteiger partial charge in [0.05, 0.1) is 6.54 Å². The molecule has 0 saturated heterocycles. The molecule has 2 amide bonds. The molecule has 116 valence electrons. The lowest BCUT2D eigenvalue weighted by Gasteiger charge is -2.19. The molecule has 0 aliphatic carbocycles. The maximum Gasteiger partial charge on any atom is 0.241 e. The van der Waals surface area contributed by atoms with Crippen molar-refractivity contribution < 1.29 is 9.59 Å². The Morgan fingerprint density at radius 3 is 2.38 bits per heavy atom. The molecule has 0 radical (unpaired) electrons. The molecule has 0 bridgehead atoms. The standard InChI is InChI=1S/C16H25N3O2/c1-4-8-15(20)18-14-10-7-9-13(11-14)17-12-16(21)19(5-2)6-3/h7,9-11,17H,4-6,8,12H2,1-3H3,(H,18,20). The normalized spacial score (nSPS) is 10.0. The molecule has 0 aliphatic heterocycles. The third-order valence-electron chi connectivity index (χ3n) is 3.18. The van der Waals surface area contributed by atoms with Crippen LogP contribution < -0.4 is 10.6 Å². The molecule has 5 nitrogen and oxygen atoms in total. The largest absolute Gasteiger partial charge is 0.376 e. The summed E-state index contributed by atoms with van der Waals surface area (Å²) in [6.45, 7) is 7.58. The molecule has 0 spiro atoms. The molecule has 0 aliphatic rings. The lowest BCUT2D eigenvalue weighted by atomic mass is 10.2. The first kappa shape index (κ1) is 17.0. The Bertz CT molecular complexity index is 470. The zero-order chi connectivity index (χ0) is 15.7. The van der Waals surface area contributed by atoms with Crippen molar-refractivity contribution in [2.45, 2.75) is 33.6 Å². The number of carbonyl (C=O) groups excluding carboxylic acids is 2. The molecule has 0 unspecified atom stereocenters. The van der Waals surface area contributed by atoms with E-state index < -0.39 is 0 Å². The van der Waals surface area contributed by atoms with E-state index in [2.05, 4.69) is 10.6 Å². The number of nitrogens with one attached hydrogen (secondary N) is 2. The molecule has 1 aromatic rings. The van der Waals surface area contributed by atoms with E-state index in [1.807, 2.05) is 45.0 Å². The van der Waals surface area contributed by atoms with Crippen LogP contribution in [0.2, 0.25) is 0 Å². The third-order valence-corrected chi connectivity index (χ3v) is 3.18. The fraction of sp³-hybridized carbons (Fsp3) is 0.500. The minimum atomic E-state index is 0.00821.